The first-order valence-electron chi connectivity index (χ1n) is 6.34. The van der Waals surface area contributed by atoms with Crippen LogP contribution in [0.5, 0.6) is 0 Å². The second-order valence-electron chi connectivity index (χ2n) is 4.72. The highest BCUT2D eigenvalue weighted by Gasteiger charge is 2.15. The summed E-state index contributed by atoms with van der Waals surface area (Å²) in [6, 6.07) is 8.29. The molecule has 1 aromatic heterocycles. The lowest BCUT2D eigenvalue weighted by atomic mass is 10.1. The fourth-order valence-corrected chi connectivity index (χ4v) is 2.96. The Hall–Kier alpha value is -2.23. The van der Waals surface area contributed by atoms with Crippen LogP contribution in [0.1, 0.15) is 22.3 Å². The van der Waals surface area contributed by atoms with Crippen LogP contribution >= 0.6 is 0 Å². The minimum Gasteiger partial charge on any atom is -0.264 e. The summed E-state index contributed by atoms with van der Waals surface area (Å²) in [5.74, 6) is 0. The minimum atomic E-state index is -3.61. The van der Waals surface area contributed by atoms with Crippen LogP contribution < -0.4 is 4.72 Å². The maximum Gasteiger partial charge on any atom is 0.240 e. The molecule has 0 saturated heterocycles. The van der Waals surface area contributed by atoms with E-state index in [1.54, 1.807) is 19.3 Å². The quantitative estimate of drug-likeness (QED) is 0.937. The summed E-state index contributed by atoms with van der Waals surface area (Å²) < 4.78 is 27.1. The maximum atomic E-state index is 12.3. The molecule has 1 N–H and O–H groups in total. The first kappa shape index (κ1) is 15.2. The third kappa shape index (κ3) is 3.45. The summed E-state index contributed by atoms with van der Waals surface area (Å²) in [6.07, 6.45) is 3.30. The van der Waals surface area contributed by atoms with Crippen LogP contribution in [0.4, 0.5) is 0 Å². The average Bonchev–Trinajstić information content (AvgIpc) is 2.46. The molecule has 2 aromatic rings. The number of rotatable bonds is 4. The monoisotopic (exact) mass is 301 g/mol. The topological polar surface area (TPSA) is 82.8 Å². The molecule has 0 atom stereocenters. The third-order valence-electron chi connectivity index (χ3n) is 3.23. The average molecular weight is 301 g/mol. The molecule has 0 radical (unpaired) electrons. The van der Waals surface area contributed by atoms with Crippen molar-refractivity contribution in [3.05, 3.63) is 58.9 Å². The number of sulfonamides is 1. The van der Waals surface area contributed by atoms with E-state index >= 15 is 0 Å². The van der Waals surface area contributed by atoms with Crippen molar-refractivity contribution in [2.24, 2.45) is 0 Å². The van der Waals surface area contributed by atoms with E-state index in [0.29, 0.717) is 11.1 Å². The van der Waals surface area contributed by atoms with Crippen molar-refractivity contribution < 1.29 is 8.42 Å². The number of nitrogens with one attached hydrogen (secondary N) is 1. The Labute approximate surface area is 124 Å². The van der Waals surface area contributed by atoms with Crippen molar-refractivity contribution in [1.29, 1.82) is 5.26 Å². The van der Waals surface area contributed by atoms with Crippen LogP contribution in [0.15, 0.2) is 41.6 Å². The highest BCUT2D eigenvalue weighted by molar-refractivity contribution is 7.89. The Morgan fingerprint density at radius 2 is 2.00 bits per heavy atom. The van der Waals surface area contributed by atoms with Crippen LogP contribution in [0.2, 0.25) is 0 Å². The summed E-state index contributed by atoms with van der Waals surface area (Å²) in [5.41, 5.74) is 2.91. The molecule has 0 fully saturated rings. The lowest BCUT2D eigenvalue weighted by molar-refractivity contribution is 0.581. The summed E-state index contributed by atoms with van der Waals surface area (Å²) in [5, 5.41) is 8.87. The number of hydrogen-bond donors (Lipinski definition) is 1. The van der Waals surface area contributed by atoms with E-state index in [9.17, 15) is 8.42 Å². The highest BCUT2D eigenvalue weighted by Crippen LogP contribution is 2.15. The SMILES string of the molecule is Cc1cc(S(=O)(=O)NCc2cnccc2C)ccc1C#N. The molecule has 5 nitrogen and oxygen atoms in total. The molecule has 0 bridgehead atoms. The van der Waals surface area contributed by atoms with Gasteiger partial charge in [0.1, 0.15) is 0 Å². The number of aromatic nitrogens is 1. The summed E-state index contributed by atoms with van der Waals surface area (Å²) in [6.45, 7) is 3.79. The molecule has 21 heavy (non-hydrogen) atoms. The van der Waals surface area contributed by atoms with E-state index in [0.717, 1.165) is 11.1 Å². The second kappa shape index (κ2) is 6.04. The van der Waals surface area contributed by atoms with Crippen molar-refractivity contribution >= 4 is 10.0 Å². The van der Waals surface area contributed by atoms with Gasteiger partial charge in [0.05, 0.1) is 16.5 Å². The highest BCUT2D eigenvalue weighted by atomic mass is 32.2. The smallest absolute Gasteiger partial charge is 0.240 e. The molecular weight excluding hydrogens is 286 g/mol. The largest absolute Gasteiger partial charge is 0.264 e. The van der Waals surface area contributed by atoms with Gasteiger partial charge in [-0.2, -0.15) is 5.26 Å². The van der Waals surface area contributed by atoms with E-state index in [2.05, 4.69) is 9.71 Å². The van der Waals surface area contributed by atoms with Crippen LogP contribution in [-0.2, 0) is 16.6 Å². The predicted molar refractivity (Wildman–Crippen MR) is 78.9 cm³/mol. The number of nitriles is 1. The molecule has 108 valence electrons. The van der Waals surface area contributed by atoms with Gasteiger partial charge >= 0.3 is 0 Å². The predicted octanol–water partition coefficient (Wildman–Crippen LogP) is 2.05. The van der Waals surface area contributed by atoms with Gasteiger partial charge in [-0.05, 0) is 54.8 Å². The third-order valence-corrected chi connectivity index (χ3v) is 4.63. The Bertz CT molecular complexity index is 808. The Morgan fingerprint density at radius 3 is 2.62 bits per heavy atom. The standard InChI is InChI=1S/C15H15N3O2S/c1-11-5-6-17-9-14(11)10-18-21(19,20)15-4-3-13(8-16)12(2)7-15/h3-7,9,18H,10H2,1-2H3. The van der Waals surface area contributed by atoms with Gasteiger partial charge in [-0.1, -0.05) is 0 Å². The zero-order valence-electron chi connectivity index (χ0n) is 11.8. The lowest BCUT2D eigenvalue weighted by Gasteiger charge is -2.09. The van der Waals surface area contributed by atoms with Gasteiger partial charge in [0, 0.05) is 18.9 Å². The molecule has 0 aliphatic heterocycles. The minimum absolute atomic E-state index is 0.153. The molecule has 0 saturated carbocycles. The Morgan fingerprint density at radius 1 is 1.24 bits per heavy atom. The molecule has 1 heterocycles. The van der Waals surface area contributed by atoms with Crippen LogP contribution in [0.3, 0.4) is 0 Å². The molecular formula is C15H15N3O2S. The first-order valence-corrected chi connectivity index (χ1v) is 7.82. The Kier molecular flexibility index (Phi) is 4.36. The van der Waals surface area contributed by atoms with E-state index in [-0.39, 0.29) is 11.4 Å². The van der Waals surface area contributed by atoms with Crippen molar-refractivity contribution in [3.63, 3.8) is 0 Å². The lowest BCUT2D eigenvalue weighted by Crippen LogP contribution is -2.23. The summed E-state index contributed by atoms with van der Waals surface area (Å²) in [7, 11) is -3.61. The van der Waals surface area contributed by atoms with Gasteiger partial charge in [-0.3, -0.25) is 4.98 Å². The van der Waals surface area contributed by atoms with Gasteiger partial charge in [0.15, 0.2) is 0 Å². The fourth-order valence-electron chi connectivity index (χ4n) is 1.87. The van der Waals surface area contributed by atoms with Crippen molar-refractivity contribution in [1.82, 2.24) is 9.71 Å². The zero-order valence-corrected chi connectivity index (χ0v) is 12.6. The number of aryl methyl sites for hydroxylation is 2. The number of benzene rings is 1. The molecule has 0 spiro atoms. The zero-order chi connectivity index (χ0) is 15.5. The summed E-state index contributed by atoms with van der Waals surface area (Å²) >= 11 is 0. The van der Waals surface area contributed by atoms with E-state index in [1.807, 2.05) is 19.1 Å². The number of nitrogens with zero attached hydrogens (tertiary/aromatic N) is 2. The fraction of sp³-hybridized carbons (Fsp3) is 0.200. The molecule has 0 unspecified atom stereocenters. The Balaban J connectivity index is 2.21. The van der Waals surface area contributed by atoms with Gasteiger partial charge in [-0.15, -0.1) is 0 Å². The first-order chi connectivity index (χ1) is 9.94. The molecule has 0 aliphatic rings. The van der Waals surface area contributed by atoms with Crippen molar-refractivity contribution in [3.8, 4) is 6.07 Å². The maximum absolute atomic E-state index is 12.3. The molecule has 6 heteroatoms. The van der Waals surface area contributed by atoms with Crippen LogP contribution in [-0.4, -0.2) is 13.4 Å². The molecule has 0 amide bonds. The normalized spacial score (nSPS) is 11.1. The van der Waals surface area contributed by atoms with Gasteiger partial charge in [-0.25, -0.2) is 13.1 Å². The van der Waals surface area contributed by atoms with Gasteiger partial charge in [0.25, 0.3) is 0 Å². The molecule has 2 rings (SSSR count). The van der Waals surface area contributed by atoms with E-state index < -0.39 is 10.0 Å². The number of hydrogen-bond acceptors (Lipinski definition) is 4. The number of pyridine rings is 1. The van der Waals surface area contributed by atoms with E-state index in [4.69, 9.17) is 5.26 Å². The molecule has 0 aliphatic carbocycles. The van der Waals surface area contributed by atoms with Crippen molar-refractivity contribution in [2.75, 3.05) is 0 Å². The molecule has 1 aromatic carbocycles. The van der Waals surface area contributed by atoms with Gasteiger partial charge < -0.3 is 0 Å². The van der Waals surface area contributed by atoms with Crippen molar-refractivity contribution in [2.45, 2.75) is 25.3 Å². The second-order valence-corrected chi connectivity index (χ2v) is 6.48. The van der Waals surface area contributed by atoms with E-state index in [1.165, 1.54) is 18.2 Å². The van der Waals surface area contributed by atoms with Crippen LogP contribution in [0.25, 0.3) is 0 Å². The van der Waals surface area contributed by atoms with Gasteiger partial charge in [0.2, 0.25) is 10.0 Å². The van der Waals surface area contributed by atoms with Crippen LogP contribution in [0, 0.1) is 25.2 Å². The summed E-state index contributed by atoms with van der Waals surface area (Å²) in [4.78, 5) is 4.14.